The van der Waals surface area contributed by atoms with E-state index in [-0.39, 0.29) is 17.4 Å². The number of nitro groups is 1. The fourth-order valence-electron chi connectivity index (χ4n) is 2.35. The molecule has 2 aromatic carbocycles. The number of non-ortho nitro benzene ring substituents is 1. The number of thioether (sulfide) groups is 1. The molecule has 1 aliphatic rings. The van der Waals surface area contributed by atoms with Crippen LogP contribution in [0.2, 0.25) is 0 Å². The number of nitrogens with zero attached hydrogens (tertiary/aromatic N) is 2. The first-order valence-corrected chi connectivity index (χ1v) is 7.86. The van der Waals surface area contributed by atoms with E-state index in [2.05, 4.69) is 0 Å². The van der Waals surface area contributed by atoms with Crippen molar-refractivity contribution in [3.63, 3.8) is 0 Å². The Morgan fingerprint density at radius 1 is 1.21 bits per heavy atom. The van der Waals surface area contributed by atoms with E-state index in [4.69, 9.17) is 0 Å². The van der Waals surface area contributed by atoms with E-state index >= 15 is 0 Å². The van der Waals surface area contributed by atoms with Gasteiger partial charge in [-0.05, 0) is 18.2 Å². The second-order valence-corrected chi connectivity index (χ2v) is 6.17. The van der Waals surface area contributed by atoms with Crippen LogP contribution < -0.4 is 4.90 Å². The Bertz CT molecular complexity index is 892. The molecule has 0 radical (unpaired) electrons. The minimum absolute atomic E-state index is 0.120. The number of carbonyl (C=O) groups is 2. The smallest absolute Gasteiger partial charge is 0.271 e. The van der Waals surface area contributed by atoms with Crippen molar-refractivity contribution in [3.8, 4) is 0 Å². The lowest BCUT2D eigenvalue weighted by atomic mass is 10.1. The highest BCUT2D eigenvalue weighted by atomic mass is 32.2. The van der Waals surface area contributed by atoms with Gasteiger partial charge in [0.1, 0.15) is 0 Å². The number of nitro benzene ring substituents is 1. The molecule has 120 valence electrons. The maximum Gasteiger partial charge on any atom is 0.271 e. The van der Waals surface area contributed by atoms with Crippen LogP contribution in [0.1, 0.15) is 17.3 Å². The maximum atomic E-state index is 12.4. The highest BCUT2D eigenvalue weighted by Crippen LogP contribution is 2.40. The van der Waals surface area contributed by atoms with E-state index in [9.17, 15) is 19.7 Å². The summed E-state index contributed by atoms with van der Waals surface area (Å²) in [6.07, 6.45) is 1.44. The molecule has 24 heavy (non-hydrogen) atoms. The highest BCUT2D eigenvalue weighted by Gasteiger charge is 2.27. The Morgan fingerprint density at radius 3 is 2.62 bits per heavy atom. The molecule has 0 atom stereocenters. The molecule has 6 nitrogen and oxygen atoms in total. The van der Waals surface area contributed by atoms with Gasteiger partial charge < -0.3 is 0 Å². The molecule has 0 saturated heterocycles. The largest absolute Gasteiger partial charge is 0.288 e. The molecule has 0 aliphatic carbocycles. The summed E-state index contributed by atoms with van der Waals surface area (Å²) in [5, 5.41) is 10.9. The number of benzene rings is 2. The zero-order valence-electron chi connectivity index (χ0n) is 12.6. The van der Waals surface area contributed by atoms with E-state index in [0.29, 0.717) is 16.2 Å². The summed E-state index contributed by atoms with van der Waals surface area (Å²) in [4.78, 5) is 37.3. The van der Waals surface area contributed by atoms with Crippen LogP contribution in [0, 0.1) is 10.1 Å². The van der Waals surface area contributed by atoms with Crippen molar-refractivity contribution >= 4 is 34.8 Å². The second-order valence-electron chi connectivity index (χ2n) is 5.09. The molecule has 7 heteroatoms. The standard InChI is InChI=1S/C17H12N2O4S/c1-11(20)18(12-5-4-6-13(9-12)19(22)23)10-16-17(21)14-7-2-3-8-15(14)24-16/h2-10H,1H3. The number of allylic oxidation sites excluding steroid dienone is 1. The predicted octanol–water partition coefficient (Wildman–Crippen LogP) is 3.78. The van der Waals surface area contributed by atoms with E-state index in [1.54, 1.807) is 18.2 Å². The molecule has 2 aromatic rings. The number of fused-ring (bicyclic) bond motifs is 1. The molecule has 1 amide bonds. The molecular formula is C17H12N2O4S. The maximum absolute atomic E-state index is 12.4. The molecule has 0 spiro atoms. The molecule has 0 saturated carbocycles. The summed E-state index contributed by atoms with van der Waals surface area (Å²) in [5.74, 6) is -0.500. The van der Waals surface area contributed by atoms with Crippen LogP contribution in [0.3, 0.4) is 0 Å². The lowest BCUT2D eigenvalue weighted by Gasteiger charge is -2.17. The molecule has 0 unspecified atom stereocenters. The van der Waals surface area contributed by atoms with Gasteiger partial charge in [0.25, 0.3) is 5.69 Å². The van der Waals surface area contributed by atoms with Gasteiger partial charge in [0, 0.05) is 35.7 Å². The quantitative estimate of drug-likeness (QED) is 0.482. The third-order valence-corrected chi connectivity index (χ3v) is 4.57. The zero-order chi connectivity index (χ0) is 17.3. The number of carbonyl (C=O) groups excluding carboxylic acids is 2. The Labute approximate surface area is 141 Å². The Morgan fingerprint density at radius 2 is 1.96 bits per heavy atom. The lowest BCUT2D eigenvalue weighted by molar-refractivity contribution is -0.384. The molecule has 0 bridgehead atoms. The first kappa shape index (κ1) is 15.9. The van der Waals surface area contributed by atoms with Crippen LogP contribution in [0.5, 0.6) is 0 Å². The summed E-state index contributed by atoms with van der Waals surface area (Å²) < 4.78 is 0. The summed E-state index contributed by atoms with van der Waals surface area (Å²) in [6, 6.07) is 12.9. The average molecular weight is 340 g/mol. The minimum atomic E-state index is -0.527. The third kappa shape index (κ3) is 2.93. The van der Waals surface area contributed by atoms with Crippen LogP contribution in [-0.2, 0) is 4.79 Å². The zero-order valence-corrected chi connectivity index (χ0v) is 13.4. The average Bonchev–Trinajstić information content (AvgIpc) is 2.89. The molecule has 1 aliphatic heterocycles. The van der Waals surface area contributed by atoms with Gasteiger partial charge >= 0.3 is 0 Å². The van der Waals surface area contributed by atoms with Gasteiger partial charge in [-0.15, -0.1) is 0 Å². The Kier molecular flexibility index (Phi) is 4.18. The number of rotatable bonds is 3. The van der Waals surface area contributed by atoms with Gasteiger partial charge in [-0.25, -0.2) is 0 Å². The van der Waals surface area contributed by atoms with Crippen LogP contribution in [-0.4, -0.2) is 16.6 Å². The fraction of sp³-hybridized carbons (Fsp3) is 0.0588. The third-order valence-electron chi connectivity index (χ3n) is 3.48. The summed E-state index contributed by atoms with van der Waals surface area (Å²) >= 11 is 1.28. The number of ketones is 1. The van der Waals surface area contributed by atoms with Crippen molar-refractivity contribution in [2.24, 2.45) is 0 Å². The Hall–Kier alpha value is -2.93. The Balaban J connectivity index is 1.99. The van der Waals surface area contributed by atoms with Gasteiger partial charge in [0.05, 0.1) is 15.5 Å². The van der Waals surface area contributed by atoms with E-state index in [0.717, 1.165) is 4.90 Å². The first-order valence-electron chi connectivity index (χ1n) is 7.05. The van der Waals surface area contributed by atoms with Crippen LogP contribution in [0.4, 0.5) is 11.4 Å². The highest BCUT2D eigenvalue weighted by molar-refractivity contribution is 8.04. The predicted molar refractivity (Wildman–Crippen MR) is 91.0 cm³/mol. The summed E-state index contributed by atoms with van der Waals surface area (Å²) in [7, 11) is 0. The van der Waals surface area contributed by atoms with Gasteiger partial charge in [-0.1, -0.05) is 30.0 Å². The second kappa shape index (κ2) is 6.29. The van der Waals surface area contributed by atoms with Crippen LogP contribution in [0.15, 0.2) is 64.5 Å². The number of hydrogen-bond donors (Lipinski definition) is 0. The van der Waals surface area contributed by atoms with E-state index in [1.807, 2.05) is 12.1 Å². The van der Waals surface area contributed by atoms with Crippen molar-refractivity contribution in [2.75, 3.05) is 4.90 Å². The molecule has 3 rings (SSSR count). The monoisotopic (exact) mass is 340 g/mol. The van der Waals surface area contributed by atoms with Gasteiger partial charge in [0.15, 0.2) is 0 Å². The normalized spacial score (nSPS) is 14.5. The van der Waals surface area contributed by atoms with Gasteiger partial charge in [-0.3, -0.25) is 24.6 Å². The number of hydrogen-bond acceptors (Lipinski definition) is 5. The molecular weight excluding hydrogens is 328 g/mol. The lowest BCUT2D eigenvalue weighted by Crippen LogP contribution is -2.23. The molecule has 0 N–H and O–H groups in total. The van der Waals surface area contributed by atoms with Crippen molar-refractivity contribution in [1.29, 1.82) is 0 Å². The van der Waals surface area contributed by atoms with Crippen LogP contribution >= 0.6 is 11.8 Å². The van der Waals surface area contributed by atoms with Crippen molar-refractivity contribution in [3.05, 3.63) is 75.3 Å². The molecule has 1 heterocycles. The van der Waals surface area contributed by atoms with Crippen LogP contribution in [0.25, 0.3) is 0 Å². The topological polar surface area (TPSA) is 80.5 Å². The van der Waals surface area contributed by atoms with Crippen molar-refractivity contribution in [1.82, 2.24) is 0 Å². The fourth-order valence-corrected chi connectivity index (χ4v) is 3.36. The number of Topliss-reactive ketones (excluding diaryl/α,β-unsaturated/α-hetero) is 1. The summed E-state index contributed by atoms with van der Waals surface area (Å²) in [5.41, 5.74) is 0.815. The number of amides is 1. The van der Waals surface area contributed by atoms with Gasteiger partial charge in [0.2, 0.25) is 11.7 Å². The van der Waals surface area contributed by atoms with E-state index < -0.39 is 4.92 Å². The SMILES string of the molecule is CC(=O)N(C=C1Sc2ccccc2C1=O)c1cccc([N+](=O)[O-])c1. The van der Waals surface area contributed by atoms with E-state index in [1.165, 1.54) is 48.0 Å². The van der Waals surface area contributed by atoms with Crippen molar-refractivity contribution in [2.45, 2.75) is 11.8 Å². The minimum Gasteiger partial charge on any atom is -0.288 e. The van der Waals surface area contributed by atoms with Gasteiger partial charge in [-0.2, -0.15) is 0 Å². The molecule has 0 fully saturated rings. The number of anilines is 1. The first-order chi connectivity index (χ1) is 11.5. The summed E-state index contributed by atoms with van der Waals surface area (Å²) in [6.45, 7) is 1.34. The molecule has 0 aromatic heterocycles. The van der Waals surface area contributed by atoms with Crippen molar-refractivity contribution < 1.29 is 14.5 Å².